The van der Waals surface area contributed by atoms with Gasteiger partial charge in [-0.2, -0.15) is 0 Å². The second kappa shape index (κ2) is 5.66. The first-order valence-corrected chi connectivity index (χ1v) is 5.79. The van der Waals surface area contributed by atoms with E-state index in [9.17, 15) is 4.79 Å². The zero-order valence-corrected chi connectivity index (χ0v) is 9.32. The van der Waals surface area contributed by atoms with Crippen molar-refractivity contribution in [2.45, 2.75) is 25.4 Å². The average molecular weight is 219 g/mol. The molecule has 16 heavy (non-hydrogen) atoms. The van der Waals surface area contributed by atoms with E-state index in [2.05, 4.69) is 17.4 Å². The first-order chi connectivity index (χ1) is 7.86. The maximum absolute atomic E-state index is 11.6. The SMILES string of the molecule is O=C(NCCc1ccccc1)[C@@H]1CCCO1. The molecule has 1 atom stereocenters. The molecule has 1 aliphatic rings. The molecule has 0 aliphatic carbocycles. The van der Waals surface area contributed by atoms with E-state index in [0.717, 1.165) is 25.9 Å². The van der Waals surface area contributed by atoms with Gasteiger partial charge < -0.3 is 10.1 Å². The number of rotatable bonds is 4. The van der Waals surface area contributed by atoms with Gasteiger partial charge in [0.05, 0.1) is 0 Å². The minimum absolute atomic E-state index is 0.0356. The summed E-state index contributed by atoms with van der Waals surface area (Å²) in [5.74, 6) is 0.0356. The van der Waals surface area contributed by atoms with Gasteiger partial charge in [-0.1, -0.05) is 30.3 Å². The van der Waals surface area contributed by atoms with Crippen LogP contribution in [0.2, 0.25) is 0 Å². The summed E-state index contributed by atoms with van der Waals surface area (Å²) < 4.78 is 5.31. The van der Waals surface area contributed by atoms with Gasteiger partial charge in [0.2, 0.25) is 5.91 Å². The Labute approximate surface area is 95.8 Å². The Kier molecular flexibility index (Phi) is 3.94. The van der Waals surface area contributed by atoms with E-state index in [1.165, 1.54) is 5.56 Å². The number of carbonyl (C=O) groups is 1. The van der Waals surface area contributed by atoms with Gasteiger partial charge in [-0.3, -0.25) is 4.79 Å². The second-order valence-corrected chi connectivity index (χ2v) is 4.03. The van der Waals surface area contributed by atoms with Crippen LogP contribution >= 0.6 is 0 Å². The largest absolute Gasteiger partial charge is 0.368 e. The molecule has 0 radical (unpaired) electrons. The molecule has 86 valence electrons. The number of benzene rings is 1. The van der Waals surface area contributed by atoms with E-state index in [1.54, 1.807) is 0 Å². The summed E-state index contributed by atoms with van der Waals surface area (Å²) in [7, 11) is 0. The molecule has 1 aromatic carbocycles. The van der Waals surface area contributed by atoms with E-state index in [4.69, 9.17) is 4.74 Å². The monoisotopic (exact) mass is 219 g/mol. The molecule has 1 aliphatic heterocycles. The molecule has 0 unspecified atom stereocenters. The van der Waals surface area contributed by atoms with Gasteiger partial charge in [0.25, 0.3) is 0 Å². The smallest absolute Gasteiger partial charge is 0.249 e. The van der Waals surface area contributed by atoms with Gasteiger partial charge >= 0.3 is 0 Å². The molecule has 1 amide bonds. The van der Waals surface area contributed by atoms with Crippen LogP contribution in [0.3, 0.4) is 0 Å². The van der Waals surface area contributed by atoms with E-state index in [-0.39, 0.29) is 12.0 Å². The molecule has 1 N–H and O–H groups in total. The Morgan fingerprint density at radius 1 is 1.38 bits per heavy atom. The van der Waals surface area contributed by atoms with Crippen molar-refractivity contribution in [3.63, 3.8) is 0 Å². The molecular weight excluding hydrogens is 202 g/mol. The zero-order chi connectivity index (χ0) is 11.2. The van der Waals surface area contributed by atoms with Gasteiger partial charge in [-0.15, -0.1) is 0 Å². The number of hydrogen-bond donors (Lipinski definition) is 1. The molecule has 2 rings (SSSR count). The molecule has 3 nitrogen and oxygen atoms in total. The van der Waals surface area contributed by atoms with Crippen molar-refractivity contribution in [3.05, 3.63) is 35.9 Å². The Hall–Kier alpha value is -1.35. The van der Waals surface area contributed by atoms with E-state index in [1.807, 2.05) is 18.2 Å². The fourth-order valence-corrected chi connectivity index (χ4v) is 1.87. The molecule has 0 bridgehead atoms. The van der Waals surface area contributed by atoms with Crippen LogP contribution in [0.15, 0.2) is 30.3 Å². The topological polar surface area (TPSA) is 38.3 Å². The van der Waals surface area contributed by atoms with Crippen LogP contribution in [0, 0.1) is 0 Å². The third-order valence-corrected chi connectivity index (χ3v) is 2.78. The van der Waals surface area contributed by atoms with Crippen LogP contribution < -0.4 is 5.32 Å². The number of nitrogens with one attached hydrogen (secondary N) is 1. The van der Waals surface area contributed by atoms with E-state index >= 15 is 0 Å². The lowest BCUT2D eigenvalue weighted by Crippen LogP contribution is -2.35. The summed E-state index contributed by atoms with van der Waals surface area (Å²) in [6, 6.07) is 10.2. The quantitative estimate of drug-likeness (QED) is 0.834. The number of ether oxygens (including phenoxy) is 1. The summed E-state index contributed by atoms with van der Waals surface area (Å²) >= 11 is 0. The Morgan fingerprint density at radius 3 is 2.88 bits per heavy atom. The van der Waals surface area contributed by atoms with Crippen LogP contribution in [-0.4, -0.2) is 25.2 Å². The van der Waals surface area contributed by atoms with Gasteiger partial charge in [0, 0.05) is 13.2 Å². The zero-order valence-electron chi connectivity index (χ0n) is 9.32. The normalized spacial score (nSPS) is 19.6. The Bertz CT molecular complexity index is 331. The Morgan fingerprint density at radius 2 is 2.19 bits per heavy atom. The van der Waals surface area contributed by atoms with Gasteiger partial charge in [0.15, 0.2) is 0 Å². The molecular formula is C13H17NO2. The molecule has 1 aromatic rings. The lowest BCUT2D eigenvalue weighted by atomic mass is 10.1. The van der Waals surface area contributed by atoms with Crippen molar-refractivity contribution in [3.8, 4) is 0 Å². The number of hydrogen-bond acceptors (Lipinski definition) is 2. The predicted octanol–water partition coefficient (Wildman–Crippen LogP) is 1.52. The maximum Gasteiger partial charge on any atom is 0.249 e. The van der Waals surface area contributed by atoms with Crippen LogP contribution in [0.1, 0.15) is 18.4 Å². The highest BCUT2D eigenvalue weighted by Gasteiger charge is 2.22. The van der Waals surface area contributed by atoms with Crippen molar-refractivity contribution in [1.29, 1.82) is 0 Å². The minimum Gasteiger partial charge on any atom is -0.368 e. The Balaban J connectivity index is 1.70. The van der Waals surface area contributed by atoms with Gasteiger partial charge in [-0.25, -0.2) is 0 Å². The number of carbonyl (C=O) groups excluding carboxylic acids is 1. The summed E-state index contributed by atoms with van der Waals surface area (Å²) in [5, 5.41) is 2.91. The van der Waals surface area contributed by atoms with E-state index in [0.29, 0.717) is 6.54 Å². The van der Waals surface area contributed by atoms with Crippen molar-refractivity contribution in [2.75, 3.05) is 13.2 Å². The summed E-state index contributed by atoms with van der Waals surface area (Å²) in [6.45, 7) is 1.40. The lowest BCUT2D eigenvalue weighted by molar-refractivity contribution is -0.129. The first-order valence-electron chi connectivity index (χ1n) is 5.79. The molecule has 1 heterocycles. The first kappa shape index (κ1) is 11.1. The van der Waals surface area contributed by atoms with E-state index < -0.39 is 0 Å². The van der Waals surface area contributed by atoms with Crippen molar-refractivity contribution < 1.29 is 9.53 Å². The van der Waals surface area contributed by atoms with Gasteiger partial charge in [0.1, 0.15) is 6.10 Å². The summed E-state index contributed by atoms with van der Waals surface area (Å²) in [6.07, 6.45) is 2.52. The maximum atomic E-state index is 11.6. The fraction of sp³-hybridized carbons (Fsp3) is 0.462. The van der Waals surface area contributed by atoms with Crippen LogP contribution in [0.5, 0.6) is 0 Å². The second-order valence-electron chi connectivity index (χ2n) is 4.03. The number of amides is 1. The van der Waals surface area contributed by atoms with Crippen molar-refractivity contribution in [1.82, 2.24) is 5.32 Å². The highest BCUT2D eigenvalue weighted by atomic mass is 16.5. The highest BCUT2D eigenvalue weighted by molar-refractivity contribution is 5.80. The van der Waals surface area contributed by atoms with Crippen molar-refractivity contribution >= 4 is 5.91 Å². The molecule has 0 aromatic heterocycles. The molecule has 0 saturated carbocycles. The minimum atomic E-state index is -0.212. The third-order valence-electron chi connectivity index (χ3n) is 2.78. The highest BCUT2D eigenvalue weighted by Crippen LogP contribution is 2.11. The predicted molar refractivity (Wildman–Crippen MR) is 62.1 cm³/mol. The summed E-state index contributed by atoms with van der Waals surface area (Å²) in [4.78, 5) is 11.6. The lowest BCUT2D eigenvalue weighted by Gasteiger charge is -2.10. The molecule has 1 saturated heterocycles. The standard InChI is InChI=1S/C13H17NO2/c15-13(12-7-4-10-16-12)14-9-8-11-5-2-1-3-6-11/h1-3,5-6,12H,4,7-10H2,(H,14,15)/t12-/m0/s1. The average Bonchev–Trinajstić information content (AvgIpc) is 2.84. The molecule has 0 spiro atoms. The fourth-order valence-electron chi connectivity index (χ4n) is 1.87. The third kappa shape index (κ3) is 3.07. The molecule has 3 heteroatoms. The van der Waals surface area contributed by atoms with Crippen LogP contribution in [0.4, 0.5) is 0 Å². The van der Waals surface area contributed by atoms with Crippen molar-refractivity contribution in [2.24, 2.45) is 0 Å². The van der Waals surface area contributed by atoms with Gasteiger partial charge in [-0.05, 0) is 24.8 Å². The van der Waals surface area contributed by atoms with Crippen LogP contribution in [-0.2, 0) is 16.0 Å². The summed E-state index contributed by atoms with van der Waals surface area (Å²) in [5.41, 5.74) is 1.25. The molecule has 1 fully saturated rings. The van der Waals surface area contributed by atoms with Crippen LogP contribution in [0.25, 0.3) is 0 Å².